The molecular formula is C15H27N3OS. The van der Waals surface area contributed by atoms with E-state index in [0.29, 0.717) is 18.1 Å². The minimum absolute atomic E-state index is 0.296. The number of thiazole rings is 1. The zero-order valence-electron chi connectivity index (χ0n) is 13.1. The standard InChI is InChI=1S/C15H27N3OS/c1-5-14-9-19-12(4)8-18(14)15-17-13(10-20-15)7-16-6-11(2)3/h10-12,14,16H,5-9H2,1-4H3. The number of ether oxygens (including phenoxy) is 1. The number of hydrogen-bond donors (Lipinski definition) is 1. The minimum Gasteiger partial charge on any atom is -0.375 e. The summed E-state index contributed by atoms with van der Waals surface area (Å²) >= 11 is 1.76. The predicted molar refractivity (Wildman–Crippen MR) is 85.5 cm³/mol. The van der Waals surface area contributed by atoms with Gasteiger partial charge in [-0.05, 0) is 25.8 Å². The minimum atomic E-state index is 0.296. The molecule has 0 saturated carbocycles. The molecule has 2 atom stereocenters. The molecule has 1 aliphatic heterocycles. The van der Waals surface area contributed by atoms with Gasteiger partial charge in [-0.1, -0.05) is 20.8 Å². The summed E-state index contributed by atoms with van der Waals surface area (Å²) < 4.78 is 5.75. The van der Waals surface area contributed by atoms with Gasteiger partial charge in [-0.15, -0.1) is 11.3 Å². The molecule has 20 heavy (non-hydrogen) atoms. The van der Waals surface area contributed by atoms with Crippen molar-refractivity contribution in [1.29, 1.82) is 0 Å². The Hall–Kier alpha value is -0.650. The van der Waals surface area contributed by atoms with Crippen LogP contribution in [0.5, 0.6) is 0 Å². The summed E-state index contributed by atoms with van der Waals surface area (Å²) in [7, 11) is 0. The Bertz CT molecular complexity index is 408. The van der Waals surface area contributed by atoms with E-state index >= 15 is 0 Å². The van der Waals surface area contributed by atoms with E-state index in [0.717, 1.165) is 43.5 Å². The number of hydrogen-bond acceptors (Lipinski definition) is 5. The third-order valence-electron chi connectivity index (χ3n) is 3.58. The molecule has 4 nitrogen and oxygen atoms in total. The second-order valence-electron chi connectivity index (χ2n) is 6.00. The number of aromatic nitrogens is 1. The van der Waals surface area contributed by atoms with Crippen LogP contribution in [0, 0.1) is 5.92 Å². The van der Waals surface area contributed by atoms with Gasteiger partial charge in [0.15, 0.2) is 5.13 Å². The van der Waals surface area contributed by atoms with Crippen molar-refractivity contribution in [2.24, 2.45) is 5.92 Å². The van der Waals surface area contributed by atoms with Crippen molar-refractivity contribution < 1.29 is 4.74 Å². The molecule has 0 aromatic carbocycles. The lowest BCUT2D eigenvalue weighted by molar-refractivity contribution is 0.0299. The van der Waals surface area contributed by atoms with Crippen LogP contribution in [0.4, 0.5) is 5.13 Å². The summed E-state index contributed by atoms with van der Waals surface area (Å²) in [4.78, 5) is 7.21. The average Bonchev–Trinajstić information content (AvgIpc) is 2.87. The molecule has 0 amide bonds. The van der Waals surface area contributed by atoms with E-state index in [1.54, 1.807) is 11.3 Å². The molecular weight excluding hydrogens is 270 g/mol. The molecule has 0 bridgehead atoms. The first-order chi connectivity index (χ1) is 9.60. The normalized spacial score (nSPS) is 23.6. The van der Waals surface area contributed by atoms with Crippen LogP contribution < -0.4 is 10.2 Å². The SMILES string of the molecule is CCC1COC(C)CN1c1nc(CNCC(C)C)cs1. The summed E-state index contributed by atoms with van der Waals surface area (Å²) in [5.74, 6) is 0.678. The largest absolute Gasteiger partial charge is 0.375 e. The van der Waals surface area contributed by atoms with Gasteiger partial charge in [0, 0.05) is 18.5 Å². The fourth-order valence-electron chi connectivity index (χ4n) is 2.41. The van der Waals surface area contributed by atoms with Gasteiger partial charge in [0.2, 0.25) is 0 Å². The van der Waals surface area contributed by atoms with Crippen molar-refractivity contribution in [1.82, 2.24) is 10.3 Å². The van der Waals surface area contributed by atoms with Crippen molar-refractivity contribution in [3.8, 4) is 0 Å². The molecule has 0 aliphatic carbocycles. The van der Waals surface area contributed by atoms with Gasteiger partial charge in [0.25, 0.3) is 0 Å². The van der Waals surface area contributed by atoms with Gasteiger partial charge >= 0.3 is 0 Å². The van der Waals surface area contributed by atoms with Crippen LogP contribution >= 0.6 is 11.3 Å². The van der Waals surface area contributed by atoms with Gasteiger partial charge in [-0.25, -0.2) is 4.98 Å². The highest BCUT2D eigenvalue weighted by molar-refractivity contribution is 7.13. The summed E-state index contributed by atoms with van der Waals surface area (Å²) in [6.07, 6.45) is 1.40. The Labute approximate surface area is 126 Å². The number of nitrogens with zero attached hydrogens (tertiary/aromatic N) is 2. The molecule has 1 fully saturated rings. The van der Waals surface area contributed by atoms with E-state index in [9.17, 15) is 0 Å². The van der Waals surface area contributed by atoms with Crippen LogP contribution in [-0.2, 0) is 11.3 Å². The van der Waals surface area contributed by atoms with Gasteiger partial charge in [-0.2, -0.15) is 0 Å². The lowest BCUT2D eigenvalue weighted by Gasteiger charge is -2.38. The maximum Gasteiger partial charge on any atom is 0.185 e. The van der Waals surface area contributed by atoms with Crippen molar-refractivity contribution in [2.75, 3.05) is 24.6 Å². The van der Waals surface area contributed by atoms with Gasteiger partial charge < -0.3 is 15.0 Å². The molecule has 0 spiro atoms. The average molecular weight is 297 g/mol. The third-order valence-corrected chi connectivity index (χ3v) is 4.51. The predicted octanol–water partition coefficient (Wildman–Crippen LogP) is 2.89. The second-order valence-corrected chi connectivity index (χ2v) is 6.84. The Balaban J connectivity index is 1.95. The molecule has 2 unspecified atom stereocenters. The first-order valence-electron chi connectivity index (χ1n) is 7.63. The highest BCUT2D eigenvalue weighted by Crippen LogP contribution is 2.26. The quantitative estimate of drug-likeness (QED) is 0.876. The zero-order chi connectivity index (χ0) is 14.5. The van der Waals surface area contributed by atoms with Crippen molar-refractivity contribution >= 4 is 16.5 Å². The molecule has 114 valence electrons. The summed E-state index contributed by atoms with van der Waals surface area (Å²) in [6.45, 7) is 12.5. The van der Waals surface area contributed by atoms with E-state index in [-0.39, 0.29) is 0 Å². The number of nitrogens with one attached hydrogen (secondary N) is 1. The molecule has 1 N–H and O–H groups in total. The molecule has 0 radical (unpaired) electrons. The van der Waals surface area contributed by atoms with Crippen LogP contribution in [0.25, 0.3) is 0 Å². The highest BCUT2D eigenvalue weighted by atomic mass is 32.1. The van der Waals surface area contributed by atoms with Crippen LogP contribution in [0.15, 0.2) is 5.38 Å². The molecule has 1 aromatic rings. The Morgan fingerprint density at radius 3 is 3.05 bits per heavy atom. The van der Waals surface area contributed by atoms with Crippen LogP contribution in [0.3, 0.4) is 0 Å². The van der Waals surface area contributed by atoms with E-state index in [1.165, 1.54) is 0 Å². The molecule has 1 aliphatic rings. The first-order valence-corrected chi connectivity index (χ1v) is 8.51. The van der Waals surface area contributed by atoms with E-state index in [2.05, 4.69) is 43.3 Å². The Morgan fingerprint density at radius 1 is 1.55 bits per heavy atom. The van der Waals surface area contributed by atoms with E-state index in [1.807, 2.05) is 0 Å². The van der Waals surface area contributed by atoms with Gasteiger partial charge in [0.05, 0.1) is 24.4 Å². The molecule has 2 heterocycles. The van der Waals surface area contributed by atoms with Crippen LogP contribution in [-0.4, -0.2) is 36.8 Å². The summed E-state index contributed by atoms with van der Waals surface area (Å²) in [5.41, 5.74) is 1.15. The number of anilines is 1. The fraction of sp³-hybridized carbons (Fsp3) is 0.800. The highest BCUT2D eigenvalue weighted by Gasteiger charge is 2.27. The second kappa shape index (κ2) is 7.38. The maximum atomic E-state index is 5.75. The zero-order valence-corrected chi connectivity index (χ0v) is 13.9. The number of morpholine rings is 1. The topological polar surface area (TPSA) is 37.4 Å². The molecule has 1 saturated heterocycles. The smallest absolute Gasteiger partial charge is 0.185 e. The first kappa shape index (κ1) is 15.7. The molecule has 5 heteroatoms. The van der Waals surface area contributed by atoms with Crippen molar-refractivity contribution in [3.05, 3.63) is 11.1 Å². The van der Waals surface area contributed by atoms with Gasteiger partial charge in [-0.3, -0.25) is 0 Å². The molecule has 1 aromatic heterocycles. The van der Waals surface area contributed by atoms with Crippen LogP contribution in [0.1, 0.15) is 39.8 Å². The van der Waals surface area contributed by atoms with E-state index < -0.39 is 0 Å². The van der Waals surface area contributed by atoms with Crippen molar-refractivity contribution in [3.63, 3.8) is 0 Å². The molecule has 2 rings (SSSR count). The van der Waals surface area contributed by atoms with E-state index in [4.69, 9.17) is 9.72 Å². The van der Waals surface area contributed by atoms with Crippen molar-refractivity contribution in [2.45, 2.75) is 52.8 Å². The Morgan fingerprint density at radius 2 is 2.35 bits per heavy atom. The third kappa shape index (κ3) is 4.17. The Kier molecular flexibility index (Phi) is 5.81. The summed E-state index contributed by atoms with van der Waals surface area (Å²) in [6, 6.07) is 0.467. The monoisotopic (exact) mass is 297 g/mol. The maximum absolute atomic E-state index is 5.75. The van der Waals surface area contributed by atoms with Crippen LogP contribution in [0.2, 0.25) is 0 Å². The number of rotatable bonds is 6. The fourth-order valence-corrected chi connectivity index (χ4v) is 3.32. The summed E-state index contributed by atoms with van der Waals surface area (Å²) in [5, 5.41) is 6.78. The van der Waals surface area contributed by atoms with Gasteiger partial charge in [0.1, 0.15) is 0 Å². The lowest BCUT2D eigenvalue weighted by Crippen LogP contribution is -2.48. The lowest BCUT2D eigenvalue weighted by atomic mass is 10.1.